The molecule has 0 unspecified atom stereocenters. The van der Waals surface area contributed by atoms with Gasteiger partial charge in [-0.15, -0.1) is 0 Å². The van der Waals surface area contributed by atoms with Crippen molar-refractivity contribution in [3.8, 4) is 11.5 Å². The minimum absolute atomic E-state index is 0.0190. The van der Waals surface area contributed by atoms with Crippen LogP contribution in [0.4, 0.5) is 0 Å². The lowest BCUT2D eigenvalue weighted by molar-refractivity contribution is -0.130. The number of likely N-dealkylation sites (N-methyl/N-ethyl adjacent to an activating group) is 1. The van der Waals surface area contributed by atoms with Crippen LogP contribution in [0.25, 0.3) is 0 Å². The summed E-state index contributed by atoms with van der Waals surface area (Å²) in [6, 6.07) is 11.2. The molecule has 0 radical (unpaired) electrons. The first-order valence-electron chi connectivity index (χ1n) is 11.4. The Balaban J connectivity index is 1.25. The number of fused-ring (bicyclic) bond motifs is 1. The molecule has 1 fully saturated rings. The van der Waals surface area contributed by atoms with E-state index in [9.17, 15) is 9.59 Å². The highest BCUT2D eigenvalue weighted by Crippen LogP contribution is 2.32. The molecule has 170 valence electrons. The van der Waals surface area contributed by atoms with Crippen LogP contribution in [0.15, 0.2) is 42.6 Å². The normalized spacial score (nSPS) is 17.7. The van der Waals surface area contributed by atoms with Gasteiger partial charge in [-0.1, -0.05) is 6.07 Å². The number of benzene rings is 1. The van der Waals surface area contributed by atoms with Crippen molar-refractivity contribution in [1.29, 1.82) is 0 Å². The van der Waals surface area contributed by atoms with E-state index < -0.39 is 0 Å². The maximum absolute atomic E-state index is 13.0. The Morgan fingerprint density at radius 3 is 2.81 bits per heavy atom. The highest BCUT2D eigenvalue weighted by molar-refractivity contribution is 5.95. The van der Waals surface area contributed by atoms with Crippen LogP contribution in [-0.4, -0.2) is 66.5 Å². The quantitative estimate of drug-likeness (QED) is 0.665. The summed E-state index contributed by atoms with van der Waals surface area (Å²) in [4.78, 5) is 33.6. The Hall–Kier alpha value is -3.09. The highest BCUT2D eigenvalue weighted by atomic mass is 16.6. The van der Waals surface area contributed by atoms with Crippen LogP contribution in [0.5, 0.6) is 11.5 Å². The minimum Gasteiger partial charge on any atom is -0.486 e. The summed E-state index contributed by atoms with van der Waals surface area (Å²) in [7, 11) is 1.85. The number of hydrogen-bond acceptors (Lipinski definition) is 5. The lowest BCUT2D eigenvalue weighted by Crippen LogP contribution is -2.40. The van der Waals surface area contributed by atoms with Gasteiger partial charge in [0.2, 0.25) is 5.91 Å². The largest absolute Gasteiger partial charge is 0.486 e. The van der Waals surface area contributed by atoms with Gasteiger partial charge in [-0.25, -0.2) is 0 Å². The van der Waals surface area contributed by atoms with Gasteiger partial charge < -0.3 is 19.3 Å². The Bertz CT molecular complexity index is 934. The molecule has 1 aromatic heterocycles. The van der Waals surface area contributed by atoms with Crippen molar-refractivity contribution in [2.45, 2.75) is 32.1 Å². The van der Waals surface area contributed by atoms with E-state index in [-0.39, 0.29) is 11.8 Å². The Kier molecular flexibility index (Phi) is 7.24. The van der Waals surface area contributed by atoms with E-state index in [2.05, 4.69) is 4.98 Å². The lowest BCUT2D eigenvalue weighted by Gasteiger charge is -2.33. The molecule has 2 aromatic rings. The van der Waals surface area contributed by atoms with Gasteiger partial charge in [-0.2, -0.15) is 0 Å². The fourth-order valence-corrected chi connectivity index (χ4v) is 4.32. The van der Waals surface area contributed by atoms with Gasteiger partial charge in [0.1, 0.15) is 13.2 Å². The van der Waals surface area contributed by atoms with Crippen molar-refractivity contribution in [3.05, 3.63) is 53.9 Å². The molecule has 4 rings (SSSR count). The third-order valence-corrected chi connectivity index (χ3v) is 6.22. The number of hydrogen-bond donors (Lipinski definition) is 0. The second-order valence-corrected chi connectivity index (χ2v) is 8.54. The van der Waals surface area contributed by atoms with Gasteiger partial charge in [0.15, 0.2) is 11.5 Å². The zero-order chi connectivity index (χ0) is 22.3. The van der Waals surface area contributed by atoms with Crippen LogP contribution in [0.2, 0.25) is 0 Å². The number of amides is 2. The van der Waals surface area contributed by atoms with Crippen LogP contribution in [0, 0.1) is 5.92 Å². The van der Waals surface area contributed by atoms with Gasteiger partial charge in [-0.3, -0.25) is 14.6 Å². The van der Waals surface area contributed by atoms with E-state index >= 15 is 0 Å². The molecule has 1 saturated heterocycles. The van der Waals surface area contributed by atoms with Crippen molar-refractivity contribution in [2.24, 2.45) is 5.92 Å². The van der Waals surface area contributed by atoms with Crippen LogP contribution in [0.3, 0.4) is 0 Å². The number of ether oxygens (including phenoxy) is 2. The second kappa shape index (κ2) is 10.5. The van der Waals surface area contributed by atoms with E-state index in [1.165, 1.54) is 0 Å². The molecule has 7 heteroatoms. The Morgan fingerprint density at radius 1 is 1.16 bits per heavy atom. The van der Waals surface area contributed by atoms with E-state index in [1.54, 1.807) is 23.2 Å². The number of carbonyl (C=O) groups excluding carboxylic acids is 2. The van der Waals surface area contributed by atoms with Gasteiger partial charge in [0.25, 0.3) is 5.91 Å². The zero-order valence-corrected chi connectivity index (χ0v) is 18.7. The number of likely N-dealkylation sites (tertiary alicyclic amines) is 1. The van der Waals surface area contributed by atoms with Crippen LogP contribution < -0.4 is 9.47 Å². The van der Waals surface area contributed by atoms with Crippen LogP contribution >= 0.6 is 0 Å². The van der Waals surface area contributed by atoms with Crippen molar-refractivity contribution >= 4 is 11.8 Å². The summed E-state index contributed by atoms with van der Waals surface area (Å²) in [5.41, 5.74) is 1.62. The molecule has 0 saturated carbocycles. The summed E-state index contributed by atoms with van der Waals surface area (Å²) in [6.45, 7) is 3.14. The second-order valence-electron chi connectivity index (χ2n) is 8.54. The van der Waals surface area contributed by atoms with Crippen molar-refractivity contribution < 1.29 is 19.1 Å². The molecule has 0 aliphatic carbocycles. The first-order valence-corrected chi connectivity index (χ1v) is 11.4. The summed E-state index contributed by atoms with van der Waals surface area (Å²) in [6.07, 6.45) is 5.86. The topological polar surface area (TPSA) is 72.0 Å². The minimum atomic E-state index is 0.0190. The number of nitrogens with zero attached hydrogens (tertiary/aromatic N) is 3. The van der Waals surface area contributed by atoms with Gasteiger partial charge in [0.05, 0.1) is 0 Å². The van der Waals surface area contributed by atoms with E-state index in [0.29, 0.717) is 55.7 Å². The standard InChI is InChI=1S/C25H31N3O4/c1-27(14-11-21-6-2-3-12-26-21)24(29)10-7-19-5-4-13-28(18-19)25(30)20-8-9-22-23(17-20)32-16-15-31-22/h2-3,6,8-9,12,17,19H,4-5,7,10-11,13-16,18H2,1H3/t19-/m1/s1. The van der Waals surface area contributed by atoms with Gasteiger partial charge >= 0.3 is 0 Å². The molecular weight excluding hydrogens is 406 g/mol. The average Bonchev–Trinajstić information content (AvgIpc) is 2.85. The molecule has 2 aliphatic heterocycles. The number of rotatable bonds is 7. The molecule has 0 bridgehead atoms. The number of pyridine rings is 1. The highest BCUT2D eigenvalue weighted by Gasteiger charge is 2.26. The molecule has 0 N–H and O–H groups in total. The first kappa shape index (κ1) is 22.1. The smallest absolute Gasteiger partial charge is 0.254 e. The lowest BCUT2D eigenvalue weighted by atomic mass is 9.92. The number of carbonyl (C=O) groups is 2. The number of piperidine rings is 1. The van der Waals surface area contributed by atoms with Crippen LogP contribution in [0.1, 0.15) is 41.7 Å². The van der Waals surface area contributed by atoms with E-state index in [0.717, 1.165) is 37.9 Å². The molecule has 1 atom stereocenters. The van der Waals surface area contributed by atoms with Crippen molar-refractivity contribution in [2.75, 3.05) is 39.9 Å². The molecular formula is C25H31N3O4. The van der Waals surface area contributed by atoms with Crippen molar-refractivity contribution in [1.82, 2.24) is 14.8 Å². The Morgan fingerprint density at radius 2 is 2.00 bits per heavy atom. The summed E-state index contributed by atoms with van der Waals surface area (Å²) < 4.78 is 11.2. The first-order chi connectivity index (χ1) is 15.6. The molecule has 3 heterocycles. The van der Waals surface area contributed by atoms with E-state index in [4.69, 9.17) is 9.47 Å². The monoisotopic (exact) mass is 437 g/mol. The SMILES string of the molecule is CN(CCc1ccccn1)C(=O)CC[C@H]1CCCN(C(=O)c2ccc3c(c2)OCCO3)C1. The third-order valence-electron chi connectivity index (χ3n) is 6.22. The molecule has 2 amide bonds. The molecule has 2 aliphatic rings. The molecule has 32 heavy (non-hydrogen) atoms. The van der Waals surface area contributed by atoms with Gasteiger partial charge in [-0.05, 0) is 55.5 Å². The molecule has 7 nitrogen and oxygen atoms in total. The number of aromatic nitrogens is 1. The zero-order valence-electron chi connectivity index (χ0n) is 18.7. The molecule has 1 aromatic carbocycles. The summed E-state index contributed by atoms with van der Waals surface area (Å²) in [5.74, 6) is 1.84. The maximum Gasteiger partial charge on any atom is 0.254 e. The van der Waals surface area contributed by atoms with E-state index in [1.807, 2.05) is 36.2 Å². The van der Waals surface area contributed by atoms with Gasteiger partial charge in [0, 0.05) is 57.0 Å². The Labute approximate surface area is 189 Å². The van der Waals surface area contributed by atoms with Crippen LogP contribution in [-0.2, 0) is 11.2 Å². The third kappa shape index (κ3) is 5.58. The predicted molar refractivity (Wildman–Crippen MR) is 121 cm³/mol. The molecule has 0 spiro atoms. The summed E-state index contributed by atoms with van der Waals surface area (Å²) >= 11 is 0. The average molecular weight is 438 g/mol. The predicted octanol–water partition coefficient (Wildman–Crippen LogP) is 3.19. The van der Waals surface area contributed by atoms with Crippen molar-refractivity contribution in [3.63, 3.8) is 0 Å². The summed E-state index contributed by atoms with van der Waals surface area (Å²) in [5, 5.41) is 0. The maximum atomic E-state index is 13.0. The fraction of sp³-hybridized carbons (Fsp3) is 0.480. The fourth-order valence-electron chi connectivity index (χ4n) is 4.32.